The quantitative estimate of drug-likeness (QED) is 0.842. The Labute approximate surface area is 125 Å². The Morgan fingerprint density at radius 3 is 2.60 bits per heavy atom. The molecule has 3 N–H and O–H groups in total. The second-order valence-electron chi connectivity index (χ2n) is 4.36. The van der Waals surface area contributed by atoms with Gasteiger partial charge >= 0.3 is 0 Å². The van der Waals surface area contributed by atoms with Crippen LogP contribution < -0.4 is 11.1 Å². The predicted molar refractivity (Wildman–Crippen MR) is 81.0 cm³/mol. The molecular formula is C15H14BrFN2O. The Balaban J connectivity index is 1.92. The van der Waals surface area contributed by atoms with E-state index in [0.717, 1.165) is 10.0 Å². The van der Waals surface area contributed by atoms with E-state index in [1.807, 2.05) is 0 Å². The first-order valence-electron chi connectivity index (χ1n) is 6.14. The third-order valence-electron chi connectivity index (χ3n) is 2.87. The van der Waals surface area contributed by atoms with E-state index in [9.17, 15) is 9.18 Å². The number of hydrogen-bond donors (Lipinski definition) is 2. The molecule has 0 saturated carbocycles. The van der Waals surface area contributed by atoms with E-state index in [4.69, 9.17) is 5.73 Å². The molecule has 104 valence electrons. The summed E-state index contributed by atoms with van der Waals surface area (Å²) < 4.78 is 13.6. The van der Waals surface area contributed by atoms with Crippen molar-refractivity contribution in [2.45, 2.75) is 6.42 Å². The molecule has 0 aromatic heterocycles. The lowest BCUT2D eigenvalue weighted by Crippen LogP contribution is -2.26. The lowest BCUT2D eigenvalue weighted by atomic mass is 10.1. The van der Waals surface area contributed by atoms with Gasteiger partial charge in [0, 0.05) is 16.7 Å². The molecule has 2 rings (SSSR count). The summed E-state index contributed by atoms with van der Waals surface area (Å²) in [5, 5.41) is 2.80. The van der Waals surface area contributed by atoms with Crippen LogP contribution in [-0.4, -0.2) is 12.5 Å². The first-order valence-corrected chi connectivity index (χ1v) is 6.93. The van der Waals surface area contributed by atoms with Crippen molar-refractivity contribution in [1.82, 2.24) is 5.32 Å². The lowest BCUT2D eigenvalue weighted by molar-refractivity contribution is 0.0955. The van der Waals surface area contributed by atoms with E-state index in [1.54, 1.807) is 30.3 Å². The van der Waals surface area contributed by atoms with Gasteiger partial charge in [0.15, 0.2) is 0 Å². The van der Waals surface area contributed by atoms with E-state index >= 15 is 0 Å². The summed E-state index contributed by atoms with van der Waals surface area (Å²) >= 11 is 3.31. The third-order valence-corrected chi connectivity index (χ3v) is 3.37. The van der Waals surface area contributed by atoms with Crippen molar-refractivity contribution in [1.29, 1.82) is 0 Å². The molecule has 0 spiro atoms. The van der Waals surface area contributed by atoms with E-state index in [0.29, 0.717) is 24.2 Å². The topological polar surface area (TPSA) is 55.1 Å². The van der Waals surface area contributed by atoms with Crippen molar-refractivity contribution >= 4 is 27.5 Å². The number of halogens is 2. The van der Waals surface area contributed by atoms with Crippen LogP contribution in [0.2, 0.25) is 0 Å². The van der Waals surface area contributed by atoms with Crippen molar-refractivity contribution in [2.75, 3.05) is 12.3 Å². The summed E-state index contributed by atoms with van der Waals surface area (Å²) in [6, 6.07) is 11.4. The van der Waals surface area contributed by atoms with Crippen molar-refractivity contribution in [3.63, 3.8) is 0 Å². The van der Waals surface area contributed by atoms with E-state index in [1.165, 1.54) is 12.1 Å². The van der Waals surface area contributed by atoms with Gasteiger partial charge in [0.05, 0.1) is 5.56 Å². The zero-order chi connectivity index (χ0) is 14.5. The Morgan fingerprint density at radius 1 is 1.20 bits per heavy atom. The highest BCUT2D eigenvalue weighted by atomic mass is 79.9. The van der Waals surface area contributed by atoms with Gasteiger partial charge < -0.3 is 11.1 Å². The number of hydrogen-bond acceptors (Lipinski definition) is 2. The minimum atomic E-state index is -0.264. The summed E-state index contributed by atoms with van der Waals surface area (Å²) in [6.45, 7) is 0.469. The van der Waals surface area contributed by atoms with Crippen LogP contribution in [0.3, 0.4) is 0 Å². The van der Waals surface area contributed by atoms with Gasteiger partial charge in [0.25, 0.3) is 5.91 Å². The maximum absolute atomic E-state index is 12.8. The molecule has 0 aliphatic rings. The fraction of sp³-hybridized carbons (Fsp3) is 0.133. The molecule has 0 atom stereocenters. The number of anilines is 1. The van der Waals surface area contributed by atoms with E-state index < -0.39 is 0 Å². The number of carbonyl (C=O) groups is 1. The van der Waals surface area contributed by atoms with Crippen LogP contribution in [-0.2, 0) is 6.42 Å². The van der Waals surface area contributed by atoms with Gasteiger partial charge in [0.1, 0.15) is 5.82 Å². The van der Waals surface area contributed by atoms with E-state index in [-0.39, 0.29) is 11.7 Å². The molecule has 5 heteroatoms. The van der Waals surface area contributed by atoms with Gasteiger partial charge in [-0.05, 0) is 42.3 Å². The van der Waals surface area contributed by atoms with E-state index in [2.05, 4.69) is 21.2 Å². The van der Waals surface area contributed by atoms with Crippen LogP contribution in [0.25, 0.3) is 0 Å². The van der Waals surface area contributed by atoms with Gasteiger partial charge in [-0.3, -0.25) is 4.79 Å². The summed E-state index contributed by atoms with van der Waals surface area (Å²) in [7, 11) is 0. The molecule has 0 unspecified atom stereocenters. The largest absolute Gasteiger partial charge is 0.398 e. The summed E-state index contributed by atoms with van der Waals surface area (Å²) in [5.74, 6) is -0.481. The molecule has 0 bridgehead atoms. The van der Waals surface area contributed by atoms with Crippen LogP contribution in [0.1, 0.15) is 15.9 Å². The summed E-state index contributed by atoms with van der Waals surface area (Å²) in [5.41, 5.74) is 7.61. The number of nitrogen functional groups attached to an aromatic ring is 1. The van der Waals surface area contributed by atoms with Gasteiger partial charge in [-0.25, -0.2) is 4.39 Å². The molecule has 20 heavy (non-hydrogen) atoms. The van der Waals surface area contributed by atoms with Crippen molar-refractivity contribution < 1.29 is 9.18 Å². The van der Waals surface area contributed by atoms with Crippen molar-refractivity contribution in [3.8, 4) is 0 Å². The molecule has 0 heterocycles. The van der Waals surface area contributed by atoms with Crippen LogP contribution in [0.15, 0.2) is 46.9 Å². The summed E-state index contributed by atoms with van der Waals surface area (Å²) in [6.07, 6.45) is 0.639. The molecule has 0 aliphatic heterocycles. The normalized spacial score (nSPS) is 10.3. The molecule has 0 radical (unpaired) electrons. The summed E-state index contributed by atoms with van der Waals surface area (Å²) in [4.78, 5) is 12.0. The lowest BCUT2D eigenvalue weighted by Gasteiger charge is -2.08. The second kappa shape index (κ2) is 6.52. The highest BCUT2D eigenvalue weighted by molar-refractivity contribution is 9.10. The molecule has 3 nitrogen and oxygen atoms in total. The zero-order valence-electron chi connectivity index (χ0n) is 10.7. The second-order valence-corrected chi connectivity index (χ2v) is 5.28. The smallest absolute Gasteiger partial charge is 0.253 e. The Kier molecular flexibility index (Phi) is 4.74. The number of carbonyl (C=O) groups excluding carboxylic acids is 1. The Morgan fingerprint density at radius 2 is 1.90 bits per heavy atom. The standard InChI is InChI=1S/C15H14BrFN2O/c16-11-3-6-14(18)13(9-11)15(20)19-8-7-10-1-4-12(17)5-2-10/h1-6,9H,7-8,18H2,(H,19,20). The van der Waals surface area contributed by atoms with Gasteiger partial charge in [-0.2, -0.15) is 0 Å². The van der Waals surface area contributed by atoms with Crippen molar-refractivity contribution in [2.24, 2.45) is 0 Å². The first-order chi connectivity index (χ1) is 9.56. The maximum Gasteiger partial charge on any atom is 0.253 e. The minimum absolute atomic E-state index is 0.217. The molecule has 0 saturated heterocycles. The SMILES string of the molecule is Nc1ccc(Br)cc1C(=O)NCCc1ccc(F)cc1. The molecule has 2 aromatic carbocycles. The fourth-order valence-electron chi connectivity index (χ4n) is 1.79. The average molecular weight is 337 g/mol. The molecule has 1 amide bonds. The van der Waals surface area contributed by atoms with Gasteiger partial charge in [0.2, 0.25) is 0 Å². The van der Waals surface area contributed by atoms with Crippen LogP contribution in [0.5, 0.6) is 0 Å². The van der Waals surface area contributed by atoms with Crippen LogP contribution in [0, 0.1) is 5.82 Å². The highest BCUT2D eigenvalue weighted by Gasteiger charge is 2.09. The van der Waals surface area contributed by atoms with Gasteiger partial charge in [-0.15, -0.1) is 0 Å². The number of nitrogens with two attached hydrogens (primary N) is 1. The van der Waals surface area contributed by atoms with Crippen LogP contribution >= 0.6 is 15.9 Å². The Bertz CT molecular complexity index is 614. The molecule has 0 aliphatic carbocycles. The average Bonchev–Trinajstić information content (AvgIpc) is 2.43. The highest BCUT2D eigenvalue weighted by Crippen LogP contribution is 2.18. The predicted octanol–water partition coefficient (Wildman–Crippen LogP) is 3.14. The third kappa shape index (κ3) is 3.81. The number of benzene rings is 2. The van der Waals surface area contributed by atoms with Crippen molar-refractivity contribution in [3.05, 3.63) is 63.9 Å². The minimum Gasteiger partial charge on any atom is -0.398 e. The Hall–Kier alpha value is -1.88. The molecular weight excluding hydrogens is 323 g/mol. The maximum atomic E-state index is 12.8. The zero-order valence-corrected chi connectivity index (χ0v) is 12.3. The molecule has 2 aromatic rings. The monoisotopic (exact) mass is 336 g/mol. The molecule has 0 fully saturated rings. The van der Waals surface area contributed by atoms with Crippen LogP contribution in [0.4, 0.5) is 10.1 Å². The number of nitrogens with one attached hydrogen (secondary N) is 1. The fourth-order valence-corrected chi connectivity index (χ4v) is 2.15. The number of amides is 1. The van der Waals surface area contributed by atoms with Gasteiger partial charge in [-0.1, -0.05) is 28.1 Å². The first kappa shape index (κ1) is 14.5. The number of rotatable bonds is 4.